The highest BCUT2D eigenvalue weighted by atomic mass is 79.9. The molecule has 3 heteroatoms. The zero-order valence-corrected chi connectivity index (χ0v) is 11.0. The highest BCUT2D eigenvalue weighted by Gasteiger charge is 1.98. The van der Waals surface area contributed by atoms with Crippen molar-refractivity contribution in [3.63, 3.8) is 0 Å². The van der Waals surface area contributed by atoms with E-state index in [2.05, 4.69) is 58.6 Å². The molecule has 0 aliphatic heterocycles. The van der Waals surface area contributed by atoms with Gasteiger partial charge in [-0.3, -0.25) is 0 Å². The summed E-state index contributed by atoms with van der Waals surface area (Å²) in [5, 5.41) is 6.71. The molecule has 0 spiro atoms. The zero-order valence-electron chi connectivity index (χ0n) is 9.44. The molecule has 2 N–H and O–H groups in total. The molecule has 84 valence electrons. The Morgan fingerprint density at radius 2 is 1.93 bits per heavy atom. The standard InChI is InChI=1S/C12H19BrN2/c1-3-14-6-7-15-9-11-8-12(13)5-4-10(11)2/h4-5,8,14-15H,3,6-7,9H2,1-2H3. The van der Waals surface area contributed by atoms with Crippen molar-refractivity contribution in [2.75, 3.05) is 19.6 Å². The predicted molar refractivity (Wildman–Crippen MR) is 69.1 cm³/mol. The van der Waals surface area contributed by atoms with Crippen molar-refractivity contribution in [3.05, 3.63) is 33.8 Å². The van der Waals surface area contributed by atoms with Gasteiger partial charge in [-0.1, -0.05) is 28.9 Å². The second kappa shape index (κ2) is 6.99. The Balaban J connectivity index is 2.33. The van der Waals surface area contributed by atoms with Crippen molar-refractivity contribution in [2.24, 2.45) is 0 Å². The lowest BCUT2D eigenvalue weighted by atomic mass is 10.1. The molecule has 1 rings (SSSR count). The molecule has 0 fully saturated rings. The van der Waals surface area contributed by atoms with Crippen LogP contribution in [0.5, 0.6) is 0 Å². The van der Waals surface area contributed by atoms with Crippen LogP contribution in [0.1, 0.15) is 18.1 Å². The average Bonchev–Trinajstić information content (AvgIpc) is 2.23. The summed E-state index contributed by atoms with van der Waals surface area (Å²) in [6, 6.07) is 6.40. The summed E-state index contributed by atoms with van der Waals surface area (Å²) < 4.78 is 1.15. The highest BCUT2D eigenvalue weighted by molar-refractivity contribution is 9.10. The maximum Gasteiger partial charge on any atom is 0.0209 e. The van der Waals surface area contributed by atoms with Crippen LogP contribution in [-0.4, -0.2) is 19.6 Å². The Morgan fingerprint density at radius 3 is 2.67 bits per heavy atom. The molecule has 0 amide bonds. The fraction of sp³-hybridized carbons (Fsp3) is 0.500. The van der Waals surface area contributed by atoms with E-state index in [4.69, 9.17) is 0 Å². The number of halogens is 1. The third-order valence-corrected chi connectivity index (χ3v) is 2.85. The van der Waals surface area contributed by atoms with E-state index in [1.54, 1.807) is 0 Å². The molecule has 1 aromatic carbocycles. The number of likely N-dealkylation sites (N-methyl/N-ethyl adjacent to an activating group) is 1. The van der Waals surface area contributed by atoms with Gasteiger partial charge < -0.3 is 10.6 Å². The van der Waals surface area contributed by atoms with Crippen molar-refractivity contribution in [1.29, 1.82) is 0 Å². The van der Waals surface area contributed by atoms with Crippen LogP contribution >= 0.6 is 15.9 Å². The van der Waals surface area contributed by atoms with Crippen molar-refractivity contribution in [1.82, 2.24) is 10.6 Å². The summed E-state index contributed by atoms with van der Waals surface area (Å²) in [7, 11) is 0. The van der Waals surface area contributed by atoms with Crippen LogP contribution in [0.2, 0.25) is 0 Å². The van der Waals surface area contributed by atoms with Crippen LogP contribution in [0.15, 0.2) is 22.7 Å². The van der Waals surface area contributed by atoms with Gasteiger partial charge in [0.05, 0.1) is 0 Å². The van der Waals surface area contributed by atoms with Crippen LogP contribution in [0, 0.1) is 6.92 Å². The van der Waals surface area contributed by atoms with E-state index < -0.39 is 0 Å². The molecule has 15 heavy (non-hydrogen) atoms. The lowest BCUT2D eigenvalue weighted by Gasteiger charge is -2.08. The van der Waals surface area contributed by atoms with Crippen LogP contribution in [-0.2, 0) is 6.54 Å². The molecule has 0 atom stereocenters. The van der Waals surface area contributed by atoms with Crippen molar-refractivity contribution >= 4 is 15.9 Å². The highest BCUT2D eigenvalue weighted by Crippen LogP contribution is 2.15. The van der Waals surface area contributed by atoms with Gasteiger partial charge in [-0.25, -0.2) is 0 Å². The van der Waals surface area contributed by atoms with Crippen LogP contribution in [0.4, 0.5) is 0 Å². The molecule has 0 unspecified atom stereocenters. The van der Waals surface area contributed by atoms with Crippen LogP contribution in [0.3, 0.4) is 0 Å². The van der Waals surface area contributed by atoms with E-state index in [1.807, 2.05) is 0 Å². The minimum Gasteiger partial charge on any atom is -0.316 e. The molecule has 0 saturated carbocycles. The second-order valence-corrected chi connectivity index (χ2v) is 4.52. The molecule has 0 aliphatic carbocycles. The molecule has 0 radical (unpaired) electrons. The van der Waals surface area contributed by atoms with Gasteiger partial charge in [0.25, 0.3) is 0 Å². The van der Waals surface area contributed by atoms with Gasteiger partial charge in [0, 0.05) is 24.1 Å². The second-order valence-electron chi connectivity index (χ2n) is 3.60. The number of aryl methyl sites for hydroxylation is 1. The number of nitrogens with one attached hydrogen (secondary N) is 2. The number of hydrogen-bond acceptors (Lipinski definition) is 2. The first-order chi connectivity index (χ1) is 7.24. The third kappa shape index (κ3) is 4.78. The molecular weight excluding hydrogens is 252 g/mol. The number of benzene rings is 1. The van der Waals surface area contributed by atoms with Gasteiger partial charge in [-0.15, -0.1) is 0 Å². The topological polar surface area (TPSA) is 24.1 Å². The Bertz CT molecular complexity index is 300. The van der Waals surface area contributed by atoms with E-state index in [9.17, 15) is 0 Å². The molecular formula is C12H19BrN2. The Morgan fingerprint density at radius 1 is 1.20 bits per heavy atom. The van der Waals surface area contributed by atoms with Gasteiger partial charge in [0.1, 0.15) is 0 Å². The first-order valence-electron chi connectivity index (χ1n) is 5.40. The fourth-order valence-electron chi connectivity index (χ4n) is 1.41. The zero-order chi connectivity index (χ0) is 11.1. The van der Waals surface area contributed by atoms with Crippen molar-refractivity contribution < 1.29 is 0 Å². The van der Waals surface area contributed by atoms with Crippen molar-refractivity contribution in [3.8, 4) is 0 Å². The molecule has 0 aromatic heterocycles. The molecule has 0 saturated heterocycles. The quantitative estimate of drug-likeness (QED) is 0.777. The van der Waals surface area contributed by atoms with E-state index in [-0.39, 0.29) is 0 Å². The monoisotopic (exact) mass is 270 g/mol. The summed E-state index contributed by atoms with van der Waals surface area (Å²) in [6.45, 7) is 8.30. The number of rotatable bonds is 6. The van der Waals surface area contributed by atoms with E-state index in [0.717, 1.165) is 30.7 Å². The molecule has 1 aromatic rings. The predicted octanol–water partition coefficient (Wildman–Crippen LogP) is 2.46. The van der Waals surface area contributed by atoms with Gasteiger partial charge in [0.15, 0.2) is 0 Å². The van der Waals surface area contributed by atoms with Crippen molar-refractivity contribution in [2.45, 2.75) is 20.4 Å². The van der Waals surface area contributed by atoms with Gasteiger partial charge in [-0.2, -0.15) is 0 Å². The van der Waals surface area contributed by atoms with E-state index >= 15 is 0 Å². The maximum atomic E-state index is 3.49. The maximum absolute atomic E-state index is 3.49. The normalized spacial score (nSPS) is 10.6. The Kier molecular flexibility index (Phi) is 5.91. The average molecular weight is 271 g/mol. The Labute approximate surface area is 101 Å². The van der Waals surface area contributed by atoms with E-state index in [1.165, 1.54) is 11.1 Å². The molecule has 0 heterocycles. The first kappa shape index (κ1) is 12.7. The Hall–Kier alpha value is -0.380. The van der Waals surface area contributed by atoms with Crippen LogP contribution in [0.25, 0.3) is 0 Å². The first-order valence-corrected chi connectivity index (χ1v) is 6.19. The van der Waals surface area contributed by atoms with E-state index in [0.29, 0.717) is 0 Å². The summed E-state index contributed by atoms with van der Waals surface area (Å²) >= 11 is 3.49. The summed E-state index contributed by atoms with van der Waals surface area (Å²) in [5.74, 6) is 0. The smallest absolute Gasteiger partial charge is 0.0209 e. The number of hydrogen-bond donors (Lipinski definition) is 2. The third-order valence-electron chi connectivity index (χ3n) is 2.36. The summed E-state index contributed by atoms with van der Waals surface area (Å²) in [4.78, 5) is 0. The van der Waals surface area contributed by atoms with Gasteiger partial charge in [-0.05, 0) is 36.7 Å². The molecule has 0 bridgehead atoms. The summed E-state index contributed by atoms with van der Waals surface area (Å²) in [5.41, 5.74) is 2.70. The minimum absolute atomic E-state index is 0.941. The van der Waals surface area contributed by atoms with Gasteiger partial charge >= 0.3 is 0 Å². The largest absolute Gasteiger partial charge is 0.316 e. The molecule has 0 aliphatic rings. The van der Waals surface area contributed by atoms with Gasteiger partial charge in [0.2, 0.25) is 0 Å². The minimum atomic E-state index is 0.941. The SMILES string of the molecule is CCNCCNCc1cc(Br)ccc1C. The van der Waals surface area contributed by atoms with Crippen LogP contribution < -0.4 is 10.6 Å². The lowest BCUT2D eigenvalue weighted by molar-refractivity contribution is 0.624. The molecule has 2 nitrogen and oxygen atoms in total. The fourth-order valence-corrected chi connectivity index (χ4v) is 1.82. The summed E-state index contributed by atoms with van der Waals surface area (Å²) in [6.07, 6.45) is 0. The lowest BCUT2D eigenvalue weighted by Crippen LogP contribution is -2.26.